The van der Waals surface area contributed by atoms with Crippen LogP contribution in [0.5, 0.6) is 5.75 Å². The van der Waals surface area contributed by atoms with Crippen LogP contribution >= 0.6 is 11.6 Å². The molecule has 1 aliphatic heterocycles. The van der Waals surface area contributed by atoms with Gasteiger partial charge in [0.2, 0.25) is 0 Å². The highest BCUT2D eigenvalue weighted by Gasteiger charge is 2.40. The standard InChI is InChI=1S/C16H21ClN2O5/c1-23-13-7-11(3-4-12(13)17)8-18-15(22)19-9-16(14(20)21)5-2-6-24-10-16/h3-4,7H,2,5-6,8-10H2,1H3,(H,20,21)(H2,18,19,22). The van der Waals surface area contributed by atoms with Crippen LogP contribution in [0.1, 0.15) is 18.4 Å². The third-order valence-electron chi connectivity index (χ3n) is 4.03. The molecule has 1 saturated heterocycles. The highest BCUT2D eigenvalue weighted by atomic mass is 35.5. The van der Waals surface area contributed by atoms with Gasteiger partial charge < -0.3 is 25.2 Å². The van der Waals surface area contributed by atoms with Crippen LogP contribution in [0.3, 0.4) is 0 Å². The van der Waals surface area contributed by atoms with E-state index < -0.39 is 17.4 Å². The monoisotopic (exact) mass is 356 g/mol. The lowest BCUT2D eigenvalue weighted by molar-refractivity contribution is -0.156. The van der Waals surface area contributed by atoms with Gasteiger partial charge in [-0.3, -0.25) is 4.79 Å². The highest BCUT2D eigenvalue weighted by molar-refractivity contribution is 6.32. The van der Waals surface area contributed by atoms with Crippen LogP contribution in [0.4, 0.5) is 4.79 Å². The first-order valence-corrected chi connectivity index (χ1v) is 8.00. The molecule has 0 aromatic heterocycles. The van der Waals surface area contributed by atoms with Gasteiger partial charge in [-0.25, -0.2) is 4.79 Å². The molecule has 2 amide bonds. The molecular formula is C16H21ClN2O5. The first-order valence-electron chi connectivity index (χ1n) is 7.62. The molecule has 7 nitrogen and oxygen atoms in total. The Bertz CT molecular complexity index is 602. The van der Waals surface area contributed by atoms with Gasteiger partial charge in [-0.05, 0) is 30.5 Å². The summed E-state index contributed by atoms with van der Waals surface area (Å²) in [5.74, 6) is -0.425. The number of amides is 2. The first-order chi connectivity index (χ1) is 11.5. The minimum atomic E-state index is -1.06. The molecule has 1 atom stereocenters. The second-order valence-corrected chi connectivity index (χ2v) is 6.15. The second-order valence-electron chi connectivity index (χ2n) is 5.75. The van der Waals surface area contributed by atoms with Gasteiger partial charge in [-0.15, -0.1) is 0 Å². The Labute approximate surface area is 145 Å². The molecule has 0 radical (unpaired) electrons. The first kappa shape index (κ1) is 18.4. The number of carboxylic acid groups (broad SMARTS) is 1. The minimum absolute atomic E-state index is 0.0259. The Morgan fingerprint density at radius 2 is 2.21 bits per heavy atom. The summed E-state index contributed by atoms with van der Waals surface area (Å²) in [6.07, 6.45) is 1.15. The Balaban J connectivity index is 1.85. The number of carboxylic acids is 1. The van der Waals surface area contributed by atoms with Gasteiger partial charge in [0.25, 0.3) is 0 Å². The van der Waals surface area contributed by atoms with Crippen molar-refractivity contribution >= 4 is 23.6 Å². The zero-order chi connectivity index (χ0) is 17.6. The molecule has 1 aromatic carbocycles. The number of urea groups is 1. The lowest BCUT2D eigenvalue weighted by Crippen LogP contribution is -2.50. The number of methoxy groups -OCH3 is 1. The average Bonchev–Trinajstić information content (AvgIpc) is 2.60. The van der Waals surface area contributed by atoms with Crippen molar-refractivity contribution in [3.8, 4) is 5.75 Å². The third-order valence-corrected chi connectivity index (χ3v) is 4.34. The van der Waals surface area contributed by atoms with Crippen molar-refractivity contribution in [2.24, 2.45) is 5.41 Å². The summed E-state index contributed by atoms with van der Waals surface area (Å²) in [5, 5.41) is 15.2. The molecule has 8 heteroatoms. The minimum Gasteiger partial charge on any atom is -0.495 e. The lowest BCUT2D eigenvalue weighted by Gasteiger charge is -2.32. The molecular weight excluding hydrogens is 336 g/mol. The molecule has 0 spiro atoms. The van der Waals surface area contributed by atoms with Gasteiger partial charge in [0, 0.05) is 19.7 Å². The molecule has 2 rings (SSSR count). The fourth-order valence-corrected chi connectivity index (χ4v) is 2.74. The van der Waals surface area contributed by atoms with Crippen LogP contribution in [0.2, 0.25) is 5.02 Å². The maximum absolute atomic E-state index is 11.9. The Hall–Kier alpha value is -1.99. The zero-order valence-electron chi connectivity index (χ0n) is 13.4. The second kappa shape index (κ2) is 8.21. The number of carbonyl (C=O) groups excluding carboxylic acids is 1. The predicted octanol–water partition coefficient (Wildman–Crippen LogP) is 2.03. The summed E-state index contributed by atoms with van der Waals surface area (Å²) in [6, 6.07) is 4.76. The van der Waals surface area contributed by atoms with Crippen molar-refractivity contribution in [3.05, 3.63) is 28.8 Å². The van der Waals surface area contributed by atoms with E-state index in [0.717, 1.165) is 5.56 Å². The normalized spacial score (nSPS) is 20.2. The van der Waals surface area contributed by atoms with Crippen molar-refractivity contribution in [3.63, 3.8) is 0 Å². The van der Waals surface area contributed by atoms with Crippen LogP contribution in [0.15, 0.2) is 18.2 Å². The molecule has 1 fully saturated rings. The molecule has 3 N–H and O–H groups in total. The van der Waals surface area contributed by atoms with Gasteiger partial charge in [0.15, 0.2) is 0 Å². The molecule has 1 aliphatic rings. The molecule has 0 saturated carbocycles. The predicted molar refractivity (Wildman–Crippen MR) is 88.4 cm³/mol. The molecule has 0 aliphatic carbocycles. The molecule has 1 aromatic rings. The van der Waals surface area contributed by atoms with Crippen LogP contribution in [-0.4, -0.2) is 44.0 Å². The van der Waals surface area contributed by atoms with Gasteiger partial charge in [-0.1, -0.05) is 17.7 Å². The summed E-state index contributed by atoms with van der Waals surface area (Å²) in [5.41, 5.74) is -0.237. The van der Waals surface area contributed by atoms with Gasteiger partial charge >= 0.3 is 12.0 Å². The Kier molecular flexibility index (Phi) is 6.28. The number of aliphatic carboxylic acids is 1. The zero-order valence-corrected chi connectivity index (χ0v) is 14.2. The van der Waals surface area contributed by atoms with E-state index in [-0.39, 0.29) is 19.7 Å². The van der Waals surface area contributed by atoms with Crippen LogP contribution < -0.4 is 15.4 Å². The van der Waals surface area contributed by atoms with Crippen LogP contribution in [-0.2, 0) is 16.1 Å². The van der Waals surface area contributed by atoms with Crippen molar-refractivity contribution in [1.29, 1.82) is 0 Å². The lowest BCUT2D eigenvalue weighted by atomic mass is 9.82. The van der Waals surface area contributed by atoms with Crippen LogP contribution in [0.25, 0.3) is 0 Å². The van der Waals surface area contributed by atoms with Crippen molar-refractivity contribution in [2.45, 2.75) is 19.4 Å². The molecule has 24 heavy (non-hydrogen) atoms. The molecule has 0 bridgehead atoms. The number of rotatable bonds is 6. The van der Waals surface area contributed by atoms with Gasteiger partial charge in [0.05, 0.1) is 18.7 Å². The summed E-state index contributed by atoms with van der Waals surface area (Å²) >= 11 is 5.95. The van der Waals surface area contributed by atoms with E-state index in [1.165, 1.54) is 7.11 Å². The number of benzene rings is 1. The molecule has 1 unspecified atom stereocenters. The Morgan fingerprint density at radius 3 is 2.83 bits per heavy atom. The van der Waals surface area contributed by atoms with E-state index in [9.17, 15) is 14.7 Å². The number of halogens is 1. The SMILES string of the molecule is COc1cc(CNC(=O)NCC2(C(=O)O)CCCOC2)ccc1Cl. The smallest absolute Gasteiger partial charge is 0.315 e. The summed E-state index contributed by atoms with van der Waals surface area (Å²) < 4.78 is 10.4. The highest BCUT2D eigenvalue weighted by Crippen LogP contribution is 2.28. The number of nitrogens with one attached hydrogen (secondary N) is 2. The van der Waals surface area contributed by atoms with E-state index in [1.807, 2.05) is 0 Å². The number of carbonyl (C=O) groups is 2. The van der Waals surface area contributed by atoms with Gasteiger partial charge in [-0.2, -0.15) is 0 Å². The molecule has 1 heterocycles. The topological polar surface area (TPSA) is 96.9 Å². The summed E-state index contributed by atoms with van der Waals surface area (Å²) in [6.45, 7) is 0.963. The van der Waals surface area contributed by atoms with E-state index in [0.29, 0.717) is 30.2 Å². The maximum atomic E-state index is 11.9. The maximum Gasteiger partial charge on any atom is 0.315 e. The van der Waals surface area contributed by atoms with E-state index in [2.05, 4.69) is 10.6 Å². The van der Waals surface area contributed by atoms with Crippen molar-refractivity contribution in [2.75, 3.05) is 26.9 Å². The number of ether oxygens (including phenoxy) is 2. The number of hydrogen-bond donors (Lipinski definition) is 3. The van der Waals surface area contributed by atoms with Gasteiger partial charge in [0.1, 0.15) is 11.2 Å². The fraction of sp³-hybridized carbons (Fsp3) is 0.500. The third kappa shape index (κ3) is 4.52. The van der Waals surface area contributed by atoms with E-state index >= 15 is 0 Å². The number of hydrogen-bond acceptors (Lipinski definition) is 4. The van der Waals surface area contributed by atoms with Crippen molar-refractivity contribution < 1.29 is 24.2 Å². The Morgan fingerprint density at radius 1 is 1.42 bits per heavy atom. The fourth-order valence-electron chi connectivity index (χ4n) is 2.54. The van der Waals surface area contributed by atoms with E-state index in [1.54, 1.807) is 18.2 Å². The van der Waals surface area contributed by atoms with Crippen LogP contribution in [0, 0.1) is 5.41 Å². The average molecular weight is 357 g/mol. The quantitative estimate of drug-likeness (QED) is 0.724. The summed E-state index contributed by atoms with van der Waals surface area (Å²) in [7, 11) is 1.52. The van der Waals surface area contributed by atoms with Crippen molar-refractivity contribution in [1.82, 2.24) is 10.6 Å². The largest absolute Gasteiger partial charge is 0.495 e. The summed E-state index contributed by atoms with van der Waals surface area (Å²) in [4.78, 5) is 23.4. The van der Waals surface area contributed by atoms with E-state index in [4.69, 9.17) is 21.1 Å². The molecule has 132 valence electrons.